The molecule has 2 aromatic carbocycles. The van der Waals surface area contributed by atoms with Crippen LogP contribution in [0.3, 0.4) is 0 Å². The Bertz CT molecular complexity index is 1040. The number of hydrogen-bond acceptors (Lipinski definition) is 5. The first-order chi connectivity index (χ1) is 15.7. The summed E-state index contributed by atoms with van der Waals surface area (Å²) in [6.45, 7) is 8.03. The molecular weight excluding hydrogens is 404 g/mol. The molecule has 0 radical (unpaired) electrons. The first-order valence-corrected chi connectivity index (χ1v) is 11.8. The minimum absolute atomic E-state index is 0.201. The van der Waals surface area contributed by atoms with Crippen LogP contribution in [0.5, 0.6) is 17.2 Å². The zero-order valence-corrected chi connectivity index (χ0v) is 19.4. The summed E-state index contributed by atoms with van der Waals surface area (Å²) in [4.78, 5) is 13.5. The first kappa shape index (κ1) is 23.7. The summed E-state index contributed by atoms with van der Waals surface area (Å²) in [5.41, 5.74) is 1.06. The van der Waals surface area contributed by atoms with Gasteiger partial charge in [0.1, 0.15) is 22.5 Å². The maximum atomic E-state index is 13.5. The number of unbranched alkanes of at least 4 members (excludes halogenated alkanes) is 3. The summed E-state index contributed by atoms with van der Waals surface area (Å²) >= 11 is 0. The van der Waals surface area contributed by atoms with Crippen LogP contribution in [0.1, 0.15) is 59.3 Å². The van der Waals surface area contributed by atoms with Crippen molar-refractivity contribution in [2.75, 3.05) is 19.8 Å². The quantitative estimate of drug-likeness (QED) is 0.269. The highest BCUT2D eigenvalue weighted by molar-refractivity contribution is 5.87. The molecule has 0 aliphatic carbocycles. The van der Waals surface area contributed by atoms with Gasteiger partial charge in [0.05, 0.1) is 19.8 Å². The normalized spacial score (nSPS) is 11.0. The Kier molecular flexibility index (Phi) is 9.02. The predicted molar refractivity (Wildman–Crippen MR) is 129 cm³/mol. The van der Waals surface area contributed by atoms with Gasteiger partial charge in [-0.05, 0) is 55.7 Å². The van der Waals surface area contributed by atoms with Crippen molar-refractivity contribution in [2.45, 2.75) is 59.3 Å². The van der Waals surface area contributed by atoms with Gasteiger partial charge in [0, 0.05) is 5.56 Å². The summed E-state index contributed by atoms with van der Waals surface area (Å²) in [5, 5.41) is 0.429. The molecule has 0 spiro atoms. The highest BCUT2D eigenvalue weighted by atomic mass is 16.5. The highest BCUT2D eigenvalue weighted by Crippen LogP contribution is 2.34. The molecule has 5 nitrogen and oxygen atoms in total. The third-order valence-corrected chi connectivity index (χ3v) is 5.22. The summed E-state index contributed by atoms with van der Waals surface area (Å²) in [5.74, 6) is 2.00. The maximum Gasteiger partial charge on any atom is 0.239 e. The summed E-state index contributed by atoms with van der Waals surface area (Å²) in [6.07, 6.45) is 5.88. The molecule has 0 N–H and O–H groups in total. The smallest absolute Gasteiger partial charge is 0.239 e. The van der Waals surface area contributed by atoms with Gasteiger partial charge in [-0.1, -0.05) is 46.1 Å². The van der Waals surface area contributed by atoms with Gasteiger partial charge in [-0.15, -0.1) is 0 Å². The van der Waals surface area contributed by atoms with Crippen LogP contribution < -0.4 is 19.6 Å². The fourth-order valence-corrected chi connectivity index (χ4v) is 3.32. The number of rotatable bonds is 13. The maximum absolute atomic E-state index is 13.5. The van der Waals surface area contributed by atoms with Crippen LogP contribution in [-0.4, -0.2) is 19.8 Å². The molecule has 3 aromatic rings. The minimum Gasteiger partial charge on any atom is -0.494 e. The second kappa shape index (κ2) is 12.2. The van der Waals surface area contributed by atoms with E-state index in [2.05, 4.69) is 20.8 Å². The van der Waals surface area contributed by atoms with Crippen LogP contribution in [0.15, 0.2) is 51.7 Å². The van der Waals surface area contributed by atoms with E-state index in [0.29, 0.717) is 42.3 Å². The van der Waals surface area contributed by atoms with Crippen molar-refractivity contribution in [3.05, 3.63) is 52.7 Å². The number of hydrogen-bond donors (Lipinski definition) is 0. The standard InChI is InChI=1S/C27H34O5/c1-4-7-17-29-21-15-13-20(14-16-21)26-27(31-19-9-6-3)25(28)24-22(30-18-8-5-2)11-10-12-23(24)32-26/h10-16H,4-9,17-19H2,1-3H3. The SMILES string of the molecule is CCCCOc1ccc(-c2oc3cccc(OCCCC)c3c(=O)c2OCCCC)cc1. The van der Waals surface area contributed by atoms with Crippen LogP contribution in [0.25, 0.3) is 22.3 Å². The third kappa shape index (κ3) is 5.84. The second-order valence-electron chi connectivity index (χ2n) is 7.85. The average Bonchev–Trinajstić information content (AvgIpc) is 2.81. The van der Waals surface area contributed by atoms with Gasteiger partial charge in [-0.2, -0.15) is 0 Å². The summed E-state index contributed by atoms with van der Waals surface area (Å²) in [6, 6.07) is 13.1. The van der Waals surface area contributed by atoms with Gasteiger partial charge in [-0.25, -0.2) is 0 Å². The second-order valence-corrected chi connectivity index (χ2v) is 7.85. The molecule has 5 heteroatoms. The minimum atomic E-state index is -0.201. The molecule has 32 heavy (non-hydrogen) atoms. The summed E-state index contributed by atoms with van der Waals surface area (Å²) < 4.78 is 23.9. The van der Waals surface area contributed by atoms with Crippen molar-refractivity contribution >= 4 is 11.0 Å². The van der Waals surface area contributed by atoms with Gasteiger partial charge >= 0.3 is 0 Å². The predicted octanol–water partition coefficient (Wildman–Crippen LogP) is 7.00. The van der Waals surface area contributed by atoms with Gasteiger partial charge in [0.25, 0.3) is 0 Å². The van der Waals surface area contributed by atoms with E-state index < -0.39 is 0 Å². The van der Waals surface area contributed by atoms with E-state index in [1.54, 1.807) is 6.07 Å². The molecule has 0 saturated heterocycles. The Morgan fingerprint density at radius 2 is 1.38 bits per heavy atom. The van der Waals surface area contributed by atoms with E-state index >= 15 is 0 Å². The van der Waals surface area contributed by atoms with Crippen LogP contribution in [0.4, 0.5) is 0 Å². The number of benzene rings is 2. The van der Waals surface area contributed by atoms with E-state index in [4.69, 9.17) is 18.6 Å². The topological polar surface area (TPSA) is 57.9 Å². The Morgan fingerprint density at radius 3 is 2.03 bits per heavy atom. The van der Waals surface area contributed by atoms with Gasteiger partial charge in [0.15, 0.2) is 5.76 Å². The lowest BCUT2D eigenvalue weighted by Gasteiger charge is -2.14. The lowest BCUT2D eigenvalue weighted by atomic mass is 10.1. The lowest BCUT2D eigenvalue weighted by molar-refractivity contribution is 0.299. The number of fused-ring (bicyclic) bond motifs is 1. The largest absolute Gasteiger partial charge is 0.494 e. The van der Waals surface area contributed by atoms with Crippen molar-refractivity contribution in [3.8, 4) is 28.6 Å². The van der Waals surface area contributed by atoms with Gasteiger partial charge in [-0.3, -0.25) is 4.79 Å². The van der Waals surface area contributed by atoms with Crippen molar-refractivity contribution < 1.29 is 18.6 Å². The molecule has 0 aliphatic rings. The van der Waals surface area contributed by atoms with Crippen LogP contribution in [0, 0.1) is 0 Å². The van der Waals surface area contributed by atoms with E-state index in [-0.39, 0.29) is 11.2 Å². The number of ether oxygens (including phenoxy) is 3. The molecule has 0 fully saturated rings. The Labute approximate surface area is 190 Å². The molecule has 0 unspecified atom stereocenters. The van der Waals surface area contributed by atoms with Crippen LogP contribution in [-0.2, 0) is 0 Å². The molecule has 0 aliphatic heterocycles. The molecule has 1 aromatic heterocycles. The average molecular weight is 439 g/mol. The van der Waals surface area contributed by atoms with E-state index in [0.717, 1.165) is 49.8 Å². The Morgan fingerprint density at radius 1 is 0.750 bits per heavy atom. The lowest BCUT2D eigenvalue weighted by Crippen LogP contribution is -2.12. The van der Waals surface area contributed by atoms with Gasteiger partial charge in [0.2, 0.25) is 11.2 Å². The van der Waals surface area contributed by atoms with E-state index in [1.165, 1.54) is 0 Å². The fourth-order valence-electron chi connectivity index (χ4n) is 3.32. The van der Waals surface area contributed by atoms with E-state index in [9.17, 15) is 4.79 Å². The van der Waals surface area contributed by atoms with Crippen molar-refractivity contribution in [3.63, 3.8) is 0 Å². The van der Waals surface area contributed by atoms with Crippen molar-refractivity contribution in [1.29, 1.82) is 0 Å². The van der Waals surface area contributed by atoms with Crippen molar-refractivity contribution in [1.82, 2.24) is 0 Å². The Hall–Kier alpha value is -2.95. The summed E-state index contributed by atoms with van der Waals surface area (Å²) in [7, 11) is 0. The van der Waals surface area contributed by atoms with Crippen molar-refractivity contribution in [2.24, 2.45) is 0 Å². The molecule has 172 valence electrons. The molecule has 3 rings (SSSR count). The Balaban J connectivity index is 2.02. The molecule has 0 bridgehead atoms. The monoisotopic (exact) mass is 438 g/mol. The molecule has 1 heterocycles. The highest BCUT2D eigenvalue weighted by Gasteiger charge is 2.20. The fraction of sp³-hybridized carbons (Fsp3) is 0.444. The van der Waals surface area contributed by atoms with Crippen LogP contribution >= 0.6 is 0 Å². The molecule has 0 atom stereocenters. The zero-order chi connectivity index (χ0) is 22.8. The molecular formula is C27H34O5. The van der Waals surface area contributed by atoms with Crippen LogP contribution in [0.2, 0.25) is 0 Å². The van der Waals surface area contributed by atoms with Gasteiger partial charge < -0.3 is 18.6 Å². The molecule has 0 amide bonds. The first-order valence-electron chi connectivity index (χ1n) is 11.8. The zero-order valence-electron chi connectivity index (χ0n) is 19.4. The third-order valence-electron chi connectivity index (χ3n) is 5.22. The molecule has 0 saturated carbocycles. The van der Waals surface area contributed by atoms with E-state index in [1.807, 2.05) is 36.4 Å².